The Morgan fingerprint density at radius 3 is 2.38 bits per heavy atom. The lowest BCUT2D eigenvalue weighted by atomic mass is 10.2. The SMILES string of the molecule is COc1ccc(S(=O)(=O)[C@H](CNC(=O)Nc2ccccc2)c2cccnc2)cc1. The molecule has 2 aromatic carbocycles. The maximum Gasteiger partial charge on any atom is 0.319 e. The van der Waals surface area contributed by atoms with Crippen LogP contribution in [0.5, 0.6) is 5.75 Å². The van der Waals surface area contributed by atoms with Gasteiger partial charge in [-0.3, -0.25) is 4.98 Å². The van der Waals surface area contributed by atoms with Crippen LogP contribution >= 0.6 is 0 Å². The summed E-state index contributed by atoms with van der Waals surface area (Å²) in [6.45, 7) is -0.112. The number of hydrogen-bond donors (Lipinski definition) is 2. The number of aromatic nitrogens is 1. The molecule has 0 fully saturated rings. The van der Waals surface area contributed by atoms with Crippen LogP contribution in [0.15, 0.2) is 84.0 Å². The van der Waals surface area contributed by atoms with Crippen LogP contribution < -0.4 is 15.4 Å². The highest BCUT2D eigenvalue weighted by Crippen LogP contribution is 2.29. The van der Waals surface area contributed by atoms with E-state index < -0.39 is 21.1 Å². The molecule has 8 heteroatoms. The van der Waals surface area contributed by atoms with Crippen LogP contribution in [0.2, 0.25) is 0 Å². The van der Waals surface area contributed by atoms with Gasteiger partial charge in [-0.15, -0.1) is 0 Å². The standard InChI is InChI=1S/C21H21N3O4S/c1-28-18-9-11-19(12-10-18)29(26,27)20(16-6-5-13-22-14-16)15-23-21(25)24-17-7-3-2-4-8-17/h2-14,20H,15H2,1H3,(H2,23,24,25)/t20-/m1/s1. The van der Waals surface area contributed by atoms with Gasteiger partial charge >= 0.3 is 6.03 Å². The number of hydrogen-bond acceptors (Lipinski definition) is 5. The monoisotopic (exact) mass is 411 g/mol. The molecule has 1 aromatic heterocycles. The lowest BCUT2D eigenvalue weighted by molar-refractivity contribution is 0.252. The van der Waals surface area contributed by atoms with E-state index in [2.05, 4.69) is 15.6 Å². The van der Waals surface area contributed by atoms with E-state index >= 15 is 0 Å². The third-order valence-corrected chi connectivity index (χ3v) is 6.42. The van der Waals surface area contributed by atoms with Gasteiger partial charge in [0.1, 0.15) is 11.0 Å². The predicted molar refractivity (Wildman–Crippen MR) is 111 cm³/mol. The first kappa shape index (κ1) is 20.3. The summed E-state index contributed by atoms with van der Waals surface area (Å²) in [6.07, 6.45) is 3.05. The predicted octanol–water partition coefficient (Wildman–Crippen LogP) is 3.43. The van der Waals surface area contributed by atoms with E-state index in [0.717, 1.165) is 0 Å². The van der Waals surface area contributed by atoms with Crippen LogP contribution in [0, 0.1) is 0 Å². The van der Waals surface area contributed by atoms with Crippen molar-refractivity contribution in [1.82, 2.24) is 10.3 Å². The minimum atomic E-state index is -3.79. The van der Waals surface area contributed by atoms with Crippen LogP contribution in [0.25, 0.3) is 0 Å². The highest BCUT2D eigenvalue weighted by Gasteiger charge is 2.30. The fraction of sp³-hybridized carbons (Fsp3) is 0.143. The van der Waals surface area contributed by atoms with E-state index in [0.29, 0.717) is 17.0 Å². The molecule has 1 heterocycles. The van der Waals surface area contributed by atoms with Gasteiger partial charge in [-0.1, -0.05) is 24.3 Å². The molecule has 7 nitrogen and oxygen atoms in total. The first-order chi connectivity index (χ1) is 14.0. The molecule has 3 rings (SSSR count). The van der Waals surface area contributed by atoms with Gasteiger partial charge in [-0.05, 0) is 48.0 Å². The quantitative estimate of drug-likeness (QED) is 0.621. The van der Waals surface area contributed by atoms with Crippen LogP contribution in [0.3, 0.4) is 0 Å². The van der Waals surface area contributed by atoms with Crippen LogP contribution in [0.4, 0.5) is 10.5 Å². The van der Waals surface area contributed by atoms with Crippen LogP contribution in [-0.2, 0) is 9.84 Å². The largest absolute Gasteiger partial charge is 0.497 e. The molecule has 3 aromatic rings. The molecule has 0 aliphatic rings. The average Bonchev–Trinajstić information content (AvgIpc) is 2.75. The number of methoxy groups -OCH3 is 1. The van der Waals surface area contributed by atoms with Gasteiger partial charge in [0.15, 0.2) is 9.84 Å². The van der Waals surface area contributed by atoms with E-state index in [-0.39, 0.29) is 11.4 Å². The van der Waals surface area contributed by atoms with E-state index in [1.54, 1.807) is 54.7 Å². The second-order valence-electron chi connectivity index (χ2n) is 6.20. The van der Waals surface area contributed by atoms with Crippen molar-refractivity contribution in [2.24, 2.45) is 0 Å². The molecule has 1 atom stereocenters. The first-order valence-electron chi connectivity index (χ1n) is 8.88. The average molecular weight is 411 g/mol. The molecular weight excluding hydrogens is 390 g/mol. The molecule has 0 bridgehead atoms. The molecule has 0 aliphatic heterocycles. The Balaban J connectivity index is 1.82. The number of urea groups is 1. The minimum Gasteiger partial charge on any atom is -0.497 e. The zero-order chi connectivity index (χ0) is 20.7. The first-order valence-corrected chi connectivity index (χ1v) is 10.4. The van der Waals surface area contributed by atoms with Crippen LogP contribution in [0.1, 0.15) is 10.8 Å². The molecular formula is C21H21N3O4S. The molecule has 29 heavy (non-hydrogen) atoms. The van der Waals surface area contributed by atoms with Crippen molar-refractivity contribution in [2.45, 2.75) is 10.1 Å². The summed E-state index contributed by atoms with van der Waals surface area (Å²) in [4.78, 5) is 16.4. The number of carbonyl (C=O) groups is 1. The normalized spacial score (nSPS) is 12.0. The van der Waals surface area contributed by atoms with Gasteiger partial charge in [0.05, 0.1) is 12.0 Å². The Hall–Kier alpha value is -3.39. The van der Waals surface area contributed by atoms with E-state index in [9.17, 15) is 13.2 Å². The molecule has 0 saturated heterocycles. The van der Waals surface area contributed by atoms with Crippen molar-refractivity contribution in [3.05, 3.63) is 84.7 Å². The number of anilines is 1. The maximum absolute atomic E-state index is 13.3. The van der Waals surface area contributed by atoms with E-state index in [1.165, 1.54) is 25.4 Å². The number of amides is 2. The van der Waals surface area contributed by atoms with Gasteiger partial charge < -0.3 is 15.4 Å². The molecule has 0 radical (unpaired) electrons. The fourth-order valence-electron chi connectivity index (χ4n) is 2.78. The van der Waals surface area contributed by atoms with Crippen molar-refractivity contribution < 1.29 is 17.9 Å². The topological polar surface area (TPSA) is 97.4 Å². The zero-order valence-corrected chi connectivity index (χ0v) is 16.6. The summed E-state index contributed by atoms with van der Waals surface area (Å²) in [5.41, 5.74) is 1.10. The number of pyridine rings is 1. The van der Waals surface area contributed by atoms with Crippen LogP contribution in [-0.4, -0.2) is 33.1 Å². The van der Waals surface area contributed by atoms with Gasteiger partial charge in [0, 0.05) is 24.6 Å². The number of rotatable bonds is 7. The van der Waals surface area contributed by atoms with Gasteiger partial charge in [-0.25, -0.2) is 13.2 Å². The number of para-hydroxylation sites is 1. The third-order valence-electron chi connectivity index (χ3n) is 4.30. The van der Waals surface area contributed by atoms with Crippen molar-refractivity contribution in [2.75, 3.05) is 19.0 Å². The zero-order valence-electron chi connectivity index (χ0n) is 15.8. The highest BCUT2D eigenvalue weighted by molar-refractivity contribution is 7.91. The number of nitrogens with one attached hydrogen (secondary N) is 2. The van der Waals surface area contributed by atoms with E-state index in [1.807, 2.05) is 6.07 Å². The lowest BCUT2D eigenvalue weighted by Gasteiger charge is -2.19. The Morgan fingerprint density at radius 1 is 1.03 bits per heavy atom. The smallest absolute Gasteiger partial charge is 0.319 e. The minimum absolute atomic E-state index is 0.112. The summed E-state index contributed by atoms with van der Waals surface area (Å²) in [5, 5.41) is 4.33. The van der Waals surface area contributed by atoms with E-state index in [4.69, 9.17) is 4.74 Å². The number of ether oxygens (including phenoxy) is 1. The summed E-state index contributed by atoms with van der Waals surface area (Å²) in [6, 6.07) is 17.9. The molecule has 2 amide bonds. The molecule has 0 saturated carbocycles. The number of carbonyl (C=O) groups excluding carboxylic acids is 1. The van der Waals surface area contributed by atoms with Crippen molar-refractivity contribution in [1.29, 1.82) is 0 Å². The van der Waals surface area contributed by atoms with Crippen molar-refractivity contribution in [3.63, 3.8) is 0 Å². The van der Waals surface area contributed by atoms with Crippen molar-refractivity contribution >= 4 is 21.6 Å². The molecule has 0 aliphatic carbocycles. The van der Waals surface area contributed by atoms with Gasteiger partial charge in [-0.2, -0.15) is 0 Å². The summed E-state index contributed by atoms with van der Waals surface area (Å²) in [5.74, 6) is 0.558. The lowest BCUT2D eigenvalue weighted by Crippen LogP contribution is -2.35. The molecule has 150 valence electrons. The second kappa shape index (κ2) is 9.20. The highest BCUT2D eigenvalue weighted by atomic mass is 32.2. The number of nitrogens with zero attached hydrogens (tertiary/aromatic N) is 1. The number of sulfone groups is 1. The second-order valence-corrected chi connectivity index (χ2v) is 8.33. The Bertz CT molecular complexity index is 1040. The fourth-order valence-corrected chi connectivity index (χ4v) is 4.43. The maximum atomic E-state index is 13.3. The molecule has 0 spiro atoms. The third kappa shape index (κ3) is 5.11. The number of benzene rings is 2. The Labute approximate surface area is 169 Å². The summed E-state index contributed by atoms with van der Waals surface area (Å²) in [7, 11) is -2.27. The Kier molecular flexibility index (Phi) is 6.46. The van der Waals surface area contributed by atoms with Gasteiger partial charge in [0.2, 0.25) is 0 Å². The Morgan fingerprint density at radius 2 is 1.76 bits per heavy atom. The summed E-state index contributed by atoms with van der Waals surface area (Å²) >= 11 is 0. The molecule has 2 N–H and O–H groups in total. The summed E-state index contributed by atoms with van der Waals surface area (Å²) < 4.78 is 31.6. The molecule has 0 unspecified atom stereocenters. The van der Waals surface area contributed by atoms with Gasteiger partial charge in [0.25, 0.3) is 0 Å². The van der Waals surface area contributed by atoms with Crippen molar-refractivity contribution in [3.8, 4) is 5.75 Å².